The van der Waals surface area contributed by atoms with Gasteiger partial charge < -0.3 is 10.2 Å². The van der Waals surface area contributed by atoms with Crippen molar-refractivity contribution < 1.29 is 9.59 Å². The average molecular weight is 266 g/mol. The quantitative estimate of drug-likeness (QED) is 0.843. The van der Waals surface area contributed by atoms with Crippen LogP contribution in [0.15, 0.2) is 0 Å². The Balaban J connectivity index is 2.17. The second-order valence-corrected chi connectivity index (χ2v) is 6.89. The highest BCUT2D eigenvalue weighted by atomic mass is 16.2. The molecule has 1 saturated heterocycles. The maximum absolute atomic E-state index is 12.6. The molecule has 1 N–H and O–H groups in total. The summed E-state index contributed by atoms with van der Waals surface area (Å²) >= 11 is 0. The molecule has 1 heterocycles. The third-order valence-corrected chi connectivity index (χ3v) is 4.96. The number of hydrogen-bond donors (Lipinski definition) is 1. The number of carbonyl (C=O) groups is 2. The summed E-state index contributed by atoms with van der Waals surface area (Å²) in [5.74, 6) is 0.780. The molecular weight excluding hydrogens is 240 g/mol. The Morgan fingerprint density at radius 2 is 1.84 bits per heavy atom. The summed E-state index contributed by atoms with van der Waals surface area (Å²) in [7, 11) is 0. The molecule has 4 nitrogen and oxygen atoms in total. The summed E-state index contributed by atoms with van der Waals surface area (Å²) in [4.78, 5) is 26.4. The Morgan fingerprint density at radius 3 is 2.26 bits per heavy atom. The Labute approximate surface area is 115 Å². The predicted octanol–water partition coefficient (Wildman–Crippen LogP) is 1.79. The molecule has 2 amide bonds. The Hall–Kier alpha value is -1.06. The molecule has 108 valence electrons. The molecule has 2 atom stereocenters. The fourth-order valence-corrected chi connectivity index (χ4v) is 2.93. The van der Waals surface area contributed by atoms with E-state index in [1.807, 2.05) is 25.7 Å². The summed E-state index contributed by atoms with van der Waals surface area (Å²) < 4.78 is 0. The standard InChI is InChI=1S/C15H26N2O2/c1-9(2)12-14(19)17(11(5)13(18)16-12)8-15(6-7-15)10(3)4/h9-12H,6-8H2,1-5H3,(H,16,18). The van der Waals surface area contributed by atoms with E-state index in [2.05, 4.69) is 19.2 Å². The second kappa shape index (κ2) is 4.80. The lowest BCUT2D eigenvalue weighted by Gasteiger charge is -2.41. The lowest BCUT2D eigenvalue weighted by Crippen LogP contribution is -2.64. The van der Waals surface area contributed by atoms with Crippen molar-refractivity contribution in [2.75, 3.05) is 6.54 Å². The predicted molar refractivity (Wildman–Crippen MR) is 74.4 cm³/mol. The molecule has 0 spiro atoms. The second-order valence-electron chi connectivity index (χ2n) is 6.89. The van der Waals surface area contributed by atoms with Gasteiger partial charge >= 0.3 is 0 Å². The normalized spacial score (nSPS) is 29.9. The SMILES string of the molecule is CC(C)C1NC(=O)C(C)N(CC2(C(C)C)CC2)C1=O. The molecule has 0 aromatic carbocycles. The molecule has 4 heteroatoms. The Morgan fingerprint density at radius 1 is 1.26 bits per heavy atom. The van der Waals surface area contributed by atoms with E-state index in [0.29, 0.717) is 5.92 Å². The maximum atomic E-state index is 12.6. The van der Waals surface area contributed by atoms with E-state index in [-0.39, 0.29) is 35.2 Å². The Kier molecular flexibility index (Phi) is 3.63. The molecule has 1 aliphatic heterocycles. The van der Waals surface area contributed by atoms with Crippen LogP contribution < -0.4 is 5.32 Å². The number of nitrogens with one attached hydrogen (secondary N) is 1. The molecule has 19 heavy (non-hydrogen) atoms. The van der Waals surface area contributed by atoms with Gasteiger partial charge in [-0.3, -0.25) is 9.59 Å². The van der Waals surface area contributed by atoms with Gasteiger partial charge in [0.15, 0.2) is 0 Å². The lowest BCUT2D eigenvalue weighted by molar-refractivity contribution is -0.151. The highest BCUT2D eigenvalue weighted by molar-refractivity contribution is 5.96. The first kappa shape index (κ1) is 14.4. The van der Waals surface area contributed by atoms with Gasteiger partial charge in [-0.05, 0) is 37.0 Å². The van der Waals surface area contributed by atoms with Crippen molar-refractivity contribution in [2.45, 2.75) is 59.5 Å². The van der Waals surface area contributed by atoms with Crippen molar-refractivity contribution in [3.05, 3.63) is 0 Å². The number of piperazine rings is 1. The van der Waals surface area contributed by atoms with Crippen LogP contribution in [-0.4, -0.2) is 35.3 Å². The van der Waals surface area contributed by atoms with Crippen LogP contribution in [0.4, 0.5) is 0 Å². The molecule has 0 aromatic rings. The molecule has 2 fully saturated rings. The molecule has 0 bridgehead atoms. The van der Waals surface area contributed by atoms with E-state index in [4.69, 9.17) is 0 Å². The number of nitrogens with zero attached hydrogens (tertiary/aromatic N) is 1. The van der Waals surface area contributed by atoms with Crippen LogP contribution in [0.2, 0.25) is 0 Å². The van der Waals surface area contributed by atoms with Gasteiger partial charge in [-0.15, -0.1) is 0 Å². The van der Waals surface area contributed by atoms with E-state index < -0.39 is 0 Å². The van der Waals surface area contributed by atoms with Gasteiger partial charge in [0.05, 0.1) is 0 Å². The minimum Gasteiger partial charge on any atom is -0.342 e. The average Bonchev–Trinajstić information content (AvgIpc) is 3.10. The third-order valence-electron chi connectivity index (χ3n) is 4.96. The van der Waals surface area contributed by atoms with Crippen molar-refractivity contribution in [3.63, 3.8) is 0 Å². The summed E-state index contributed by atoms with van der Waals surface area (Å²) in [6.45, 7) is 11.0. The highest BCUT2D eigenvalue weighted by Crippen LogP contribution is 2.52. The van der Waals surface area contributed by atoms with Crippen LogP contribution in [0.25, 0.3) is 0 Å². The van der Waals surface area contributed by atoms with Crippen LogP contribution in [0.1, 0.15) is 47.5 Å². The van der Waals surface area contributed by atoms with Crippen molar-refractivity contribution in [2.24, 2.45) is 17.3 Å². The summed E-state index contributed by atoms with van der Waals surface area (Å²) in [5, 5.41) is 2.85. The van der Waals surface area contributed by atoms with Gasteiger partial charge in [0.1, 0.15) is 12.1 Å². The van der Waals surface area contributed by atoms with Gasteiger partial charge in [0.2, 0.25) is 11.8 Å². The van der Waals surface area contributed by atoms with E-state index in [0.717, 1.165) is 6.54 Å². The molecule has 2 unspecified atom stereocenters. The van der Waals surface area contributed by atoms with Crippen molar-refractivity contribution in [1.82, 2.24) is 10.2 Å². The largest absolute Gasteiger partial charge is 0.342 e. The molecule has 0 aromatic heterocycles. The first-order valence-corrected chi connectivity index (χ1v) is 7.39. The fraction of sp³-hybridized carbons (Fsp3) is 0.867. The first-order valence-electron chi connectivity index (χ1n) is 7.39. The van der Waals surface area contributed by atoms with Crippen LogP contribution in [0.3, 0.4) is 0 Å². The number of amides is 2. The van der Waals surface area contributed by atoms with Gasteiger partial charge in [0.25, 0.3) is 0 Å². The third kappa shape index (κ3) is 2.49. The van der Waals surface area contributed by atoms with Crippen molar-refractivity contribution in [3.8, 4) is 0 Å². The van der Waals surface area contributed by atoms with Gasteiger partial charge in [0, 0.05) is 6.54 Å². The zero-order valence-corrected chi connectivity index (χ0v) is 12.7. The summed E-state index contributed by atoms with van der Waals surface area (Å²) in [6, 6.07) is -0.689. The number of carbonyl (C=O) groups excluding carboxylic acids is 2. The van der Waals surface area contributed by atoms with Gasteiger partial charge in [-0.25, -0.2) is 0 Å². The topological polar surface area (TPSA) is 49.4 Å². The zero-order chi connectivity index (χ0) is 14.4. The fourth-order valence-electron chi connectivity index (χ4n) is 2.93. The Bertz CT molecular complexity index is 386. The van der Waals surface area contributed by atoms with Gasteiger partial charge in [-0.2, -0.15) is 0 Å². The van der Waals surface area contributed by atoms with Crippen LogP contribution in [-0.2, 0) is 9.59 Å². The van der Waals surface area contributed by atoms with Crippen LogP contribution in [0.5, 0.6) is 0 Å². The molecular formula is C15H26N2O2. The van der Waals surface area contributed by atoms with Crippen LogP contribution in [0, 0.1) is 17.3 Å². The van der Waals surface area contributed by atoms with E-state index >= 15 is 0 Å². The number of rotatable bonds is 4. The van der Waals surface area contributed by atoms with Crippen LogP contribution >= 0.6 is 0 Å². The lowest BCUT2D eigenvalue weighted by atomic mass is 9.89. The first-order chi connectivity index (χ1) is 8.78. The minimum absolute atomic E-state index is 0.0159. The van der Waals surface area contributed by atoms with E-state index in [1.54, 1.807) is 0 Å². The minimum atomic E-state index is -0.355. The van der Waals surface area contributed by atoms with E-state index in [1.165, 1.54) is 12.8 Å². The molecule has 1 saturated carbocycles. The van der Waals surface area contributed by atoms with Crippen molar-refractivity contribution in [1.29, 1.82) is 0 Å². The van der Waals surface area contributed by atoms with Crippen molar-refractivity contribution >= 4 is 11.8 Å². The van der Waals surface area contributed by atoms with Gasteiger partial charge in [-0.1, -0.05) is 27.7 Å². The maximum Gasteiger partial charge on any atom is 0.246 e. The molecule has 1 aliphatic carbocycles. The smallest absolute Gasteiger partial charge is 0.246 e. The monoisotopic (exact) mass is 266 g/mol. The summed E-state index contributed by atoms with van der Waals surface area (Å²) in [6.07, 6.45) is 2.35. The highest BCUT2D eigenvalue weighted by Gasteiger charge is 2.50. The molecule has 0 radical (unpaired) electrons. The molecule has 2 aliphatic rings. The zero-order valence-electron chi connectivity index (χ0n) is 12.7. The van der Waals surface area contributed by atoms with E-state index in [9.17, 15) is 9.59 Å². The number of hydrogen-bond acceptors (Lipinski definition) is 2. The molecule has 2 rings (SSSR count). The summed E-state index contributed by atoms with van der Waals surface area (Å²) in [5.41, 5.74) is 0.253.